The second-order valence-corrected chi connectivity index (χ2v) is 10.5. The molecule has 1 amide bonds. The van der Waals surface area contributed by atoms with Crippen molar-refractivity contribution in [2.45, 2.75) is 56.9 Å². The van der Waals surface area contributed by atoms with Gasteiger partial charge in [-0.05, 0) is 49.3 Å². The van der Waals surface area contributed by atoms with E-state index >= 15 is 0 Å². The van der Waals surface area contributed by atoms with Crippen molar-refractivity contribution in [3.63, 3.8) is 0 Å². The summed E-state index contributed by atoms with van der Waals surface area (Å²) in [4.78, 5) is 12.7. The first-order valence-electron chi connectivity index (χ1n) is 9.95. The van der Waals surface area contributed by atoms with E-state index in [2.05, 4.69) is 19.2 Å². The number of halogens is 2. The number of hydrogen-bond donors (Lipinski definition) is 1. The number of benzene rings is 1. The molecule has 8 heteroatoms. The van der Waals surface area contributed by atoms with E-state index in [1.54, 1.807) is 0 Å². The van der Waals surface area contributed by atoms with Crippen LogP contribution in [0.2, 0.25) is 5.02 Å². The summed E-state index contributed by atoms with van der Waals surface area (Å²) in [5.41, 5.74) is 0. The summed E-state index contributed by atoms with van der Waals surface area (Å²) in [6.07, 6.45) is 4.31. The molecule has 1 heterocycles. The Morgan fingerprint density at radius 3 is 2.50 bits per heavy atom. The number of amides is 1. The molecule has 2 aliphatic rings. The van der Waals surface area contributed by atoms with Crippen LogP contribution in [-0.2, 0) is 14.8 Å². The number of hydrogen-bond acceptors (Lipinski definition) is 3. The van der Waals surface area contributed by atoms with E-state index in [9.17, 15) is 17.6 Å². The van der Waals surface area contributed by atoms with Crippen molar-refractivity contribution in [3.05, 3.63) is 29.0 Å². The summed E-state index contributed by atoms with van der Waals surface area (Å²) in [5, 5.41) is 2.99. The molecule has 1 aromatic rings. The smallest absolute Gasteiger partial charge is 0.243 e. The van der Waals surface area contributed by atoms with Crippen molar-refractivity contribution in [2.24, 2.45) is 17.8 Å². The minimum absolute atomic E-state index is 0.0215. The summed E-state index contributed by atoms with van der Waals surface area (Å²) in [6.45, 7) is 4.96. The zero-order valence-corrected chi connectivity index (χ0v) is 17.9. The maximum atomic E-state index is 13.3. The minimum atomic E-state index is -3.74. The molecule has 0 bridgehead atoms. The molecule has 1 aromatic carbocycles. The van der Waals surface area contributed by atoms with Crippen LogP contribution >= 0.6 is 11.6 Å². The van der Waals surface area contributed by atoms with Gasteiger partial charge in [-0.15, -0.1) is 0 Å². The second-order valence-electron chi connectivity index (χ2n) is 8.14. The Morgan fingerprint density at radius 2 is 1.86 bits per heavy atom. The first kappa shape index (κ1) is 21.5. The standard InChI is InChI=1S/C20H28ClFN2O3S/c1-13-4-3-5-19(14(13)2)23-20(25)15-8-10-24(11-9-15)28(26,27)16-6-7-18(22)17(21)12-16/h6-7,12-15,19H,3-5,8-11H2,1-2H3,(H,23,25)/t13-,14-,19-/m1/s1. The highest BCUT2D eigenvalue weighted by atomic mass is 35.5. The second kappa shape index (κ2) is 8.67. The lowest BCUT2D eigenvalue weighted by Gasteiger charge is -2.36. The lowest BCUT2D eigenvalue weighted by atomic mass is 9.78. The molecule has 0 aromatic heterocycles. The normalized spacial score (nSPS) is 27.5. The lowest BCUT2D eigenvalue weighted by Crippen LogP contribution is -2.48. The third kappa shape index (κ3) is 4.52. The Hall–Kier alpha value is -1.18. The average molecular weight is 431 g/mol. The molecule has 1 saturated carbocycles. The van der Waals surface area contributed by atoms with Gasteiger partial charge >= 0.3 is 0 Å². The predicted molar refractivity (Wildman–Crippen MR) is 107 cm³/mol. The fourth-order valence-electron chi connectivity index (χ4n) is 4.23. The monoisotopic (exact) mass is 430 g/mol. The Bertz CT molecular complexity index is 825. The van der Waals surface area contributed by atoms with Crippen molar-refractivity contribution < 1.29 is 17.6 Å². The molecule has 1 aliphatic heterocycles. The SMILES string of the molecule is C[C@@H]1[C@H](C)CCC[C@H]1NC(=O)C1CCN(S(=O)(=O)c2ccc(F)c(Cl)c2)CC1. The van der Waals surface area contributed by atoms with Crippen molar-refractivity contribution >= 4 is 27.5 Å². The van der Waals surface area contributed by atoms with Crippen LogP contribution in [0.1, 0.15) is 46.0 Å². The molecular weight excluding hydrogens is 403 g/mol. The summed E-state index contributed by atoms with van der Waals surface area (Å²) < 4.78 is 40.2. The molecule has 1 aliphatic carbocycles. The van der Waals surface area contributed by atoms with E-state index in [0.717, 1.165) is 25.0 Å². The summed E-state index contributed by atoms with van der Waals surface area (Å²) in [7, 11) is -3.74. The first-order chi connectivity index (χ1) is 13.2. The van der Waals surface area contributed by atoms with Crippen molar-refractivity contribution in [1.29, 1.82) is 0 Å². The van der Waals surface area contributed by atoms with Crippen LogP contribution in [0.4, 0.5) is 4.39 Å². The number of carbonyl (C=O) groups is 1. The van der Waals surface area contributed by atoms with Crippen molar-refractivity contribution in [1.82, 2.24) is 9.62 Å². The van der Waals surface area contributed by atoms with E-state index in [4.69, 9.17) is 11.6 Å². The molecule has 0 unspecified atom stereocenters. The van der Waals surface area contributed by atoms with Gasteiger partial charge in [0.05, 0.1) is 9.92 Å². The zero-order chi connectivity index (χ0) is 20.5. The Morgan fingerprint density at radius 1 is 1.18 bits per heavy atom. The summed E-state index contributed by atoms with van der Waals surface area (Å²) >= 11 is 5.73. The summed E-state index contributed by atoms with van der Waals surface area (Å²) in [6, 6.07) is 3.62. The van der Waals surface area contributed by atoms with E-state index in [1.165, 1.54) is 16.8 Å². The number of nitrogens with zero attached hydrogens (tertiary/aromatic N) is 1. The van der Waals surface area contributed by atoms with E-state index in [0.29, 0.717) is 24.7 Å². The van der Waals surface area contributed by atoms with Gasteiger partial charge in [0.25, 0.3) is 0 Å². The first-order valence-corrected chi connectivity index (χ1v) is 11.8. The Balaban J connectivity index is 1.59. The topological polar surface area (TPSA) is 66.5 Å². The molecule has 1 N–H and O–H groups in total. The van der Waals surface area contributed by atoms with Gasteiger partial charge in [0.1, 0.15) is 5.82 Å². The number of nitrogens with one attached hydrogen (secondary N) is 1. The third-order valence-corrected chi connectivity index (χ3v) is 8.57. The largest absolute Gasteiger partial charge is 0.353 e. The maximum absolute atomic E-state index is 13.3. The van der Waals surface area contributed by atoms with Gasteiger partial charge in [-0.1, -0.05) is 38.3 Å². The van der Waals surface area contributed by atoms with Crippen LogP contribution in [-0.4, -0.2) is 37.8 Å². The molecule has 3 atom stereocenters. The van der Waals surface area contributed by atoms with Crippen molar-refractivity contribution in [3.8, 4) is 0 Å². The van der Waals surface area contributed by atoms with E-state index < -0.39 is 15.8 Å². The van der Waals surface area contributed by atoms with Crippen LogP contribution in [0.5, 0.6) is 0 Å². The summed E-state index contributed by atoms with van der Waals surface area (Å²) in [5.74, 6) is 0.276. The number of piperidine rings is 1. The number of rotatable bonds is 4. The number of carbonyl (C=O) groups excluding carboxylic acids is 1. The third-order valence-electron chi connectivity index (χ3n) is 6.39. The molecule has 5 nitrogen and oxygen atoms in total. The van der Waals surface area contributed by atoms with Gasteiger partial charge in [0, 0.05) is 25.0 Å². The average Bonchev–Trinajstić information content (AvgIpc) is 2.67. The molecule has 0 spiro atoms. The lowest BCUT2D eigenvalue weighted by molar-refractivity contribution is -0.127. The zero-order valence-electron chi connectivity index (χ0n) is 16.3. The van der Waals surface area contributed by atoms with Crippen molar-refractivity contribution in [2.75, 3.05) is 13.1 Å². The van der Waals surface area contributed by atoms with Crippen LogP contribution in [0.15, 0.2) is 23.1 Å². The van der Waals surface area contributed by atoms with Crippen LogP contribution < -0.4 is 5.32 Å². The quantitative estimate of drug-likeness (QED) is 0.789. The fraction of sp³-hybridized carbons (Fsp3) is 0.650. The van der Waals surface area contributed by atoms with Crippen LogP contribution in [0, 0.1) is 23.6 Å². The molecule has 156 valence electrons. The minimum Gasteiger partial charge on any atom is -0.353 e. The molecule has 28 heavy (non-hydrogen) atoms. The molecule has 0 radical (unpaired) electrons. The highest BCUT2D eigenvalue weighted by Gasteiger charge is 2.34. The highest BCUT2D eigenvalue weighted by molar-refractivity contribution is 7.89. The Labute approximate surface area is 171 Å². The fourth-order valence-corrected chi connectivity index (χ4v) is 5.97. The number of sulfonamides is 1. The molecular formula is C20H28ClFN2O3S. The van der Waals surface area contributed by atoms with Gasteiger partial charge in [-0.2, -0.15) is 4.31 Å². The van der Waals surface area contributed by atoms with Gasteiger partial charge in [-0.25, -0.2) is 12.8 Å². The van der Waals surface area contributed by atoms with Gasteiger partial charge in [-0.3, -0.25) is 4.79 Å². The predicted octanol–water partition coefficient (Wildman–Crippen LogP) is 3.82. The van der Waals surface area contributed by atoms with E-state index in [-0.39, 0.29) is 40.9 Å². The van der Waals surface area contributed by atoms with Crippen LogP contribution in [0.25, 0.3) is 0 Å². The van der Waals surface area contributed by atoms with Gasteiger partial charge in [0.15, 0.2) is 0 Å². The Kier molecular flexibility index (Phi) is 6.67. The van der Waals surface area contributed by atoms with E-state index in [1.807, 2.05) is 0 Å². The van der Waals surface area contributed by atoms with Gasteiger partial charge in [0.2, 0.25) is 15.9 Å². The van der Waals surface area contributed by atoms with Crippen LogP contribution in [0.3, 0.4) is 0 Å². The highest BCUT2D eigenvalue weighted by Crippen LogP contribution is 2.31. The molecule has 2 fully saturated rings. The molecule has 3 rings (SSSR count). The van der Waals surface area contributed by atoms with Gasteiger partial charge < -0.3 is 5.32 Å². The maximum Gasteiger partial charge on any atom is 0.243 e. The molecule has 1 saturated heterocycles.